The fourth-order valence-electron chi connectivity index (χ4n) is 2.28. The summed E-state index contributed by atoms with van der Waals surface area (Å²) in [5.74, 6) is 0.0507. The van der Waals surface area contributed by atoms with Gasteiger partial charge in [-0.25, -0.2) is 0 Å². The van der Waals surface area contributed by atoms with Gasteiger partial charge in [-0.3, -0.25) is 9.79 Å². The number of likely N-dealkylation sites (N-methyl/N-ethyl adjacent to an activating group) is 1. The SMILES string of the molecule is CN=C(NCCOc1ccccc1C(F)(F)F)N(C)CC(=O)NC(C)(C)C. The summed E-state index contributed by atoms with van der Waals surface area (Å²) in [6.07, 6.45) is -4.47. The van der Waals surface area contributed by atoms with Crippen LogP contribution in [0.4, 0.5) is 13.2 Å². The number of halogens is 3. The second-order valence-corrected chi connectivity index (χ2v) is 6.97. The maximum absolute atomic E-state index is 12.9. The van der Waals surface area contributed by atoms with Crippen LogP contribution in [-0.2, 0) is 11.0 Å². The fourth-order valence-corrected chi connectivity index (χ4v) is 2.28. The van der Waals surface area contributed by atoms with Gasteiger partial charge < -0.3 is 20.3 Å². The Kier molecular flexibility index (Phi) is 7.93. The van der Waals surface area contributed by atoms with Gasteiger partial charge >= 0.3 is 6.18 Å². The van der Waals surface area contributed by atoms with Gasteiger partial charge in [0.05, 0.1) is 18.7 Å². The quantitative estimate of drug-likeness (QED) is 0.447. The summed E-state index contributed by atoms with van der Waals surface area (Å²) in [6.45, 7) is 5.98. The van der Waals surface area contributed by atoms with Gasteiger partial charge in [-0.15, -0.1) is 0 Å². The number of carbonyl (C=O) groups excluding carboxylic acids is 1. The minimum absolute atomic E-state index is 0.00808. The molecule has 1 rings (SSSR count). The van der Waals surface area contributed by atoms with E-state index in [-0.39, 0.29) is 36.9 Å². The number of rotatable bonds is 6. The number of ether oxygens (including phenoxy) is 1. The highest BCUT2D eigenvalue weighted by Crippen LogP contribution is 2.35. The Bertz CT molecular complexity index is 655. The van der Waals surface area contributed by atoms with Crippen molar-refractivity contribution < 1.29 is 22.7 Å². The molecule has 6 nitrogen and oxygen atoms in total. The summed E-state index contributed by atoms with van der Waals surface area (Å²) < 4.78 is 44.0. The molecule has 1 amide bonds. The van der Waals surface area contributed by atoms with Crippen LogP contribution < -0.4 is 15.4 Å². The number of aliphatic imine (C=N–C) groups is 1. The van der Waals surface area contributed by atoms with Gasteiger partial charge in [0.1, 0.15) is 12.4 Å². The van der Waals surface area contributed by atoms with E-state index in [0.717, 1.165) is 6.07 Å². The molecular formula is C18H27F3N4O2. The molecule has 152 valence electrons. The third-order valence-electron chi connectivity index (χ3n) is 3.30. The van der Waals surface area contributed by atoms with Gasteiger partial charge in [0.2, 0.25) is 5.91 Å². The van der Waals surface area contributed by atoms with Gasteiger partial charge in [0.25, 0.3) is 0 Å². The number of nitrogens with zero attached hydrogens (tertiary/aromatic N) is 2. The number of guanidine groups is 1. The Balaban J connectivity index is 2.52. The molecule has 0 spiro atoms. The van der Waals surface area contributed by atoms with Crippen LogP contribution >= 0.6 is 0 Å². The molecule has 0 saturated carbocycles. The van der Waals surface area contributed by atoms with Crippen LogP contribution in [0, 0.1) is 0 Å². The zero-order valence-electron chi connectivity index (χ0n) is 16.3. The standard InChI is InChI=1S/C18H27F3N4O2/c1-17(2,3)24-15(26)12-25(5)16(22-4)23-10-11-27-14-9-7-6-8-13(14)18(19,20)21/h6-9H,10-12H2,1-5H3,(H,22,23)(H,24,26). The fraction of sp³-hybridized carbons (Fsp3) is 0.556. The van der Waals surface area contributed by atoms with Gasteiger partial charge in [-0.1, -0.05) is 12.1 Å². The maximum Gasteiger partial charge on any atom is 0.419 e. The molecule has 1 aromatic rings. The number of nitrogens with one attached hydrogen (secondary N) is 2. The Morgan fingerprint density at radius 3 is 2.41 bits per heavy atom. The molecule has 2 N–H and O–H groups in total. The Hall–Kier alpha value is -2.45. The lowest BCUT2D eigenvalue weighted by Crippen LogP contribution is -2.49. The lowest BCUT2D eigenvalue weighted by Gasteiger charge is -2.25. The van der Waals surface area contributed by atoms with E-state index in [1.54, 1.807) is 19.0 Å². The molecule has 0 bridgehead atoms. The summed E-state index contributed by atoms with van der Waals surface area (Å²) in [6, 6.07) is 5.05. The molecule has 0 aliphatic heterocycles. The summed E-state index contributed by atoms with van der Waals surface area (Å²) >= 11 is 0. The van der Waals surface area contributed by atoms with Crippen LogP contribution in [0.1, 0.15) is 26.3 Å². The van der Waals surface area contributed by atoms with Crippen LogP contribution in [0.5, 0.6) is 5.75 Å². The Morgan fingerprint density at radius 2 is 1.85 bits per heavy atom. The molecule has 0 aliphatic rings. The van der Waals surface area contributed by atoms with Crippen molar-refractivity contribution in [3.05, 3.63) is 29.8 Å². The third kappa shape index (κ3) is 8.19. The van der Waals surface area contributed by atoms with Crippen molar-refractivity contribution in [2.75, 3.05) is 33.8 Å². The summed E-state index contributed by atoms with van der Waals surface area (Å²) in [5, 5.41) is 5.80. The van der Waals surface area contributed by atoms with Gasteiger partial charge in [-0.2, -0.15) is 13.2 Å². The zero-order chi connectivity index (χ0) is 20.7. The van der Waals surface area contributed by atoms with Gasteiger partial charge in [-0.05, 0) is 32.9 Å². The molecule has 27 heavy (non-hydrogen) atoms. The van der Waals surface area contributed by atoms with Crippen molar-refractivity contribution >= 4 is 11.9 Å². The number of benzene rings is 1. The second-order valence-electron chi connectivity index (χ2n) is 6.97. The van der Waals surface area contributed by atoms with Crippen LogP contribution in [0.3, 0.4) is 0 Å². The molecule has 0 unspecified atom stereocenters. The van der Waals surface area contributed by atoms with Crippen LogP contribution in [0.2, 0.25) is 0 Å². The molecule has 1 aromatic carbocycles. The Labute approximate surface area is 157 Å². The van der Waals surface area contributed by atoms with E-state index in [0.29, 0.717) is 5.96 Å². The highest BCUT2D eigenvalue weighted by molar-refractivity contribution is 5.86. The monoisotopic (exact) mass is 388 g/mol. The third-order valence-corrected chi connectivity index (χ3v) is 3.30. The lowest BCUT2D eigenvalue weighted by molar-refractivity contribution is -0.139. The first kappa shape index (κ1) is 22.6. The molecule has 0 aliphatic carbocycles. The average molecular weight is 388 g/mol. The molecule has 0 aromatic heterocycles. The van der Waals surface area contributed by atoms with Crippen molar-refractivity contribution in [3.8, 4) is 5.75 Å². The predicted octanol–water partition coefficient (Wildman–Crippen LogP) is 2.51. The van der Waals surface area contributed by atoms with Gasteiger partial charge in [0.15, 0.2) is 5.96 Å². The predicted molar refractivity (Wildman–Crippen MR) is 98.8 cm³/mol. The molecule has 9 heteroatoms. The van der Waals surface area contributed by atoms with Crippen molar-refractivity contribution in [2.24, 2.45) is 4.99 Å². The molecule has 0 radical (unpaired) electrons. The average Bonchev–Trinajstić information content (AvgIpc) is 2.52. The van der Waals surface area contributed by atoms with Crippen molar-refractivity contribution in [2.45, 2.75) is 32.5 Å². The molecule has 0 atom stereocenters. The molecular weight excluding hydrogens is 361 g/mol. The summed E-state index contributed by atoms with van der Waals surface area (Å²) in [5.41, 5.74) is -1.15. The zero-order valence-corrected chi connectivity index (χ0v) is 16.3. The van der Waals surface area contributed by atoms with E-state index in [4.69, 9.17) is 4.74 Å². The van der Waals surface area contributed by atoms with E-state index in [2.05, 4.69) is 15.6 Å². The first-order valence-corrected chi connectivity index (χ1v) is 8.46. The van der Waals surface area contributed by atoms with Crippen LogP contribution in [-0.4, -0.2) is 56.1 Å². The van der Waals surface area contributed by atoms with Gasteiger partial charge in [0, 0.05) is 19.6 Å². The minimum atomic E-state index is -4.47. The first-order valence-electron chi connectivity index (χ1n) is 8.46. The van der Waals surface area contributed by atoms with E-state index in [9.17, 15) is 18.0 Å². The van der Waals surface area contributed by atoms with E-state index in [1.807, 2.05) is 20.8 Å². The number of alkyl halides is 3. The summed E-state index contributed by atoms with van der Waals surface area (Å²) in [4.78, 5) is 17.6. The van der Waals surface area contributed by atoms with E-state index < -0.39 is 11.7 Å². The van der Waals surface area contributed by atoms with Crippen molar-refractivity contribution in [3.63, 3.8) is 0 Å². The lowest BCUT2D eigenvalue weighted by atomic mass is 10.1. The molecule has 0 fully saturated rings. The number of hydrogen-bond acceptors (Lipinski definition) is 3. The van der Waals surface area contributed by atoms with Crippen molar-refractivity contribution in [1.29, 1.82) is 0 Å². The largest absolute Gasteiger partial charge is 0.491 e. The normalized spacial score (nSPS) is 12.5. The molecule has 0 heterocycles. The second kappa shape index (κ2) is 9.48. The van der Waals surface area contributed by atoms with Crippen LogP contribution in [0.15, 0.2) is 29.3 Å². The number of carbonyl (C=O) groups is 1. The number of para-hydroxylation sites is 1. The first-order chi connectivity index (χ1) is 12.4. The Morgan fingerprint density at radius 1 is 1.22 bits per heavy atom. The minimum Gasteiger partial charge on any atom is -0.491 e. The number of hydrogen-bond donors (Lipinski definition) is 2. The molecule has 0 saturated heterocycles. The highest BCUT2D eigenvalue weighted by Gasteiger charge is 2.33. The highest BCUT2D eigenvalue weighted by atomic mass is 19.4. The topological polar surface area (TPSA) is 66.0 Å². The van der Waals surface area contributed by atoms with Crippen molar-refractivity contribution in [1.82, 2.24) is 15.5 Å². The maximum atomic E-state index is 12.9. The summed E-state index contributed by atoms with van der Waals surface area (Å²) in [7, 11) is 3.25. The van der Waals surface area contributed by atoms with Crippen LogP contribution in [0.25, 0.3) is 0 Å². The van der Waals surface area contributed by atoms with E-state index in [1.165, 1.54) is 18.2 Å². The van der Waals surface area contributed by atoms with E-state index >= 15 is 0 Å². The smallest absolute Gasteiger partial charge is 0.419 e. The number of amides is 1.